The lowest BCUT2D eigenvalue weighted by Gasteiger charge is -2.09. The summed E-state index contributed by atoms with van der Waals surface area (Å²) in [6, 6.07) is 0. The molecule has 0 radical (unpaired) electrons. The molecule has 7 nitrogen and oxygen atoms in total. The first kappa shape index (κ1) is 20.8. The van der Waals surface area contributed by atoms with E-state index in [9.17, 15) is 4.79 Å². The number of aryl methyl sites for hydroxylation is 1. The lowest BCUT2D eigenvalue weighted by molar-refractivity contribution is -0.135. The van der Waals surface area contributed by atoms with Gasteiger partial charge in [-0.1, -0.05) is 6.58 Å². The zero-order valence-electron chi connectivity index (χ0n) is 15.8. The van der Waals surface area contributed by atoms with E-state index < -0.39 is 5.97 Å². The standard InChI is InChI=1S/C19H25N5O2/c1-11(7-13(3)21)17-10-24(5)18(23-17)14(4)15(9-20)16(22)8-12(2)19(25)26-6/h7-10,20-21H,2,22H2,1,3-6H3/b11-7+,15-14+,16-8+,20-9?,21-13?. The molecule has 0 aliphatic rings. The fraction of sp³-hybridized carbons (Fsp3) is 0.263. The fourth-order valence-corrected chi connectivity index (χ4v) is 2.39. The summed E-state index contributed by atoms with van der Waals surface area (Å²) in [6.07, 6.45) is 6.08. The Labute approximate surface area is 153 Å². The summed E-state index contributed by atoms with van der Waals surface area (Å²) in [6.45, 7) is 8.99. The smallest absolute Gasteiger partial charge is 0.337 e. The summed E-state index contributed by atoms with van der Waals surface area (Å²) in [5, 5.41) is 15.3. The highest BCUT2D eigenvalue weighted by molar-refractivity contribution is 5.97. The van der Waals surface area contributed by atoms with Crippen molar-refractivity contribution in [2.45, 2.75) is 20.8 Å². The molecular weight excluding hydrogens is 330 g/mol. The third-order valence-corrected chi connectivity index (χ3v) is 3.69. The van der Waals surface area contributed by atoms with Crippen LogP contribution in [-0.4, -0.2) is 34.6 Å². The van der Waals surface area contributed by atoms with Crippen molar-refractivity contribution < 1.29 is 9.53 Å². The molecule has 0 unspecified atom stereocenters. The third-order valence-electron chi connectivity index (χ3n) is 3.69. The van der Waals surface area contributed by atoms with Crippen molar-refractivity contribution >= 4 is 29.0 Å². The van der Waals surface area contributed by atoms with E-state index in [1.807, 2.05) is 24.7 Å². The van der Waals surface area contributed by atoms with E-state index in [2.05, 4.69) is 16.3 Å². The van der Waals surface area contributed by atoms with Gasteiger partial charge in [-0.25, -0.2) is 9.78 Å². The predicted octanol–water partition coefficient (Wildman–Crippen LogP) is 2.86. The summed E-state index contributed by atoms with van der Waals surface area (Å²) in [4.78, 5) is 16.1. The van der Waals surface area contributed by atoms with Crippen LogP contribution in [0, 0.1) is 10.8 Å². The first-order valence-electron chi connectivity index (χ1n) is 7.86. The molecule has 1 aromatic rings. The normalized spacial score (nSPS) is 13.1. The van der Waals surface area contributed by atoms with E-state index in [0.29, 0.717) is 22.7 Å². The first-order valence-corrected chi connectivity index (χ1v) is 7.86. The van der Waals surface area contributed by atoms with Crippen molar-refractivity contribution in [3.05, 3.63) is 53.3 Å². The van der Waals surface area contributed by atoms with Crippen LogP contribution in [-0.2, 0) is 16.6 Å². The number of imidazole rings is 1. The number of allylic oxidation sites excluding steroid dienone is 4. The number of rotatable bonds is 7. The van der Waals surface area contributed by atoms with Gasteiger partial charge >= 0.3 is 5.97 Å². The van der Waals surface area contributed by atoms with Gasteiger partial charge in [-0.15, -0.1) is 0 Å². The molecule has 26 heavy (non-hydrogen) atoms. The summed E-state index contributed by atoms with van der Waals surface area (Å²) in [7, 11) is 3.10. The molecule has 0 aliphatic carbocycles. The van der Waals surface area contributed by atoms with Gasteiger partial charge in [-0.2, -0.15) is 0 Å². The molecule has 0 spiro atoms. The molecule has 0 saturated heterocycles. The summed E-state index contributed by atoms with van der Waals surface area (Å²) < 4.78 is 6.43. The van der Waals surface area contributed by atoms with Gasteiger partial charge < -0.3 is 25.9 Å². The lowest BCUT2D eigenvalue weighted by Crippen LogP contribution is -2.09. The number of carbonyl (C=O) groups excluding carboxylic acids is 1. The van der Waals surface area contributed by atoms with Crippen molar-refractivity contribution in [3.8, 4) is 0 Å². The van der Waals surface area contributed by atoms with Gasteiger partial charge in [0.2, 0.25) is 0 Å². The Hall–Kier alpha value is -3.22. The molecule has 4 N–H and O–H groups in total. The second-order valence-electron chi connectivity index (χ2n) is 5.87. The van der Waals surface area contributed by atoms with Crippen molar-refractivity contribution in [3.63, 3.8) is 0 Å². The molecule has 0 fully saturated rings. The number of hydrogen-bond donors (Lipinski definition) is 3. The minimum absolute atomic E-state index is 0.0953. The molecule has 0 aliphatic heterocycles. The van der Waals surface area contributed by atoms with Crippen LogP contribution in [0.3, 0.4) is 0 Å². The number of ether oxygens (including phenoxy) is 1. The van der Waals surface area contributed by atoms with Crippen LogP contribution in [0.4, 0.5) is 0 Å². The Morgan fingerprint density at radius 3 is 2.46 bits per heavy atom. The number of nitrogens with one attached hydrogen (secondary N) is 2. The number of methoxy groups -OCH3 is 1. The molecule has 0 aromatic carbocycles. The topological polar surface area (TPSA) is 118 Å². The maximum absolute atomic E-state index is 11.5. The zero-order chi connectivity index (χ0) is 20.0. The first-order chi connectivity index (χ1) is 12.1. The summed E-state index contributed by atoms with van der Waals surface area (Å²) in [5.41, 5.74) is 9.52. The second kappa shape index (κ2) is 8.75. The monoisotopic (exact) mass is 355 g/mol. The molecule has 1 rings (SSSR count). The average Bonchev–Trinajstić information content (AvgIpc) is 2.95. The van der Waals surface area contributed by atoms with Gasteiger partial charge in [0.25, 0.3) is 0 Å². The number of carbonyl (C=O) groups is 1. The Morgan fingerprint density at radius 2 is 1.96 bits per heavy atom. The molecule has 1 heterocycles. The van der Waals surface area contributed by atoms with Crippen molar-refractivity contribution in [1.29, 1.82) is 10.8 Å². The predicted molar refractivity (Wildman–Crippen MR) is 105 cm³/mol. The zero-order valence-corrected chi connectivity index (χ0v) is 15.8. The molecule has 0 bridgehead atoms. The molecule has 0 saturated carbocycles. The van der Waals surface area contributed by atoms with E-state index in [0.717, 1.165) is 17.5 Å². The Morgan fingerprint density at radius 1 is 1.35 bits per heavy atom. The molecule has 1 aromatic heterocycles. The van der Waals surface area contributed by atoms with E-state index in [-0.39, 0.29) is 11.3 Å². The van der Waals surface area contributed by atoms with E-state index in [1.165, 1.54) is 13.2 Å². The third kappa shape index (κ3) is 4.89. The number of esters is 1. The van der Waals surface area contributed by atoms with Crippen molar-refractivity contribution in [2.75, 3.05) is 7.11 Å². The quantitative estimate of drug-likeness (QED) is 0.302. The highest BCUT2D eigenvalue weighted by Crippen LogP contribution is 2.22. The molecular formula is C19H25N5O2. The van der Waals surface area contributed by atoms with E-state index in [1.54, 1.807) is 19.9 Å². The lowest BCUT2D eigenvalue weighted by atomic mass is 10.0. The molecule has 7 heteroatoms. The molecule has 138 valence electrons. The van der Waals surface area contributed by atoms with Crippen LogP contribution in [0.5, 0.6) is 0 Å². The van der Waals surface area contributed by atoms with Gasteiger partial charge in [0.05, 0.1) is 18.4 Å². The van der Waals surface area contributed by atoms with Crippen LogP contribution < -0.4 is 5.73 Å². The van der Waals surface area contributed by atoms with Gasteiger partial charge in [-0.3, -0.25) is 0 Å². The van der Waals surface area contributed by atoms with Crippen molar-refractivity contribution in [1.82, 2.24) is 9.55 Å². The largest absolute Gasteiger partial charge is 0.465 e. The van der Waals surface area contributed by atoms with Gasteiger partial charge in [0, 0.05) is 42.0 Å². The van der Waals surface area contributed by atoms with Crippen LogP contribution >= 0.6 is 0 Å². The Kier molecular flexibility index (Phi) is 7.01. The van der Waals surface area contributed by atoms with E-state index in [4.69, 9.17) is 16.6 Å². The van der Waals surface area contributed by atoms with Gasteiger partial charge in [0.1, 0.15) is 5.82 Å². The highest BCUT2D eigenvalue weighted by Gasteiger charge is 2.14. The molecule has 0 amide bonds. The van der Waals surface area contributed by atoms with Crippen LogP contribution in [0.1, 0.15) is 32.3 Å². The van der Waals surface area contributed by atoms with Crippen LogP contribution in [0.25, 0.3) is 11.1 Å². The Balaban J connectivity index is 3.39. The minimum Gasteiger partial charge on any atom is -0.465 e. The number of hydrogen-bond acceptors (Lipinski definition) is 6. The summed E-state index contributed by atoms with van der Waals surface area (Å²) in [5.74, 6) is 0.0471. The Bertz CT molecular complexity index is 853. The van der Waals surface area contributed by atoms with E-state index >= 15 is 0 Å². The highest BCUT2D eigenvalue weighted by atomic mass is 16.5. The minimum atomic E-state index is -0.586. The molecule has 0 atom stereocenters. The maximum Gasteiger partial charge on any atom is 0.337 e. The number of nitrogens with two attached hydrogens (primary N) is 1. The van der Waals surface area contributed by atoms with Gasteiger partial charge in [0.15, 0.2) is 0 Å². The average molecular weight is 355 g/mol. The van der Waals surface area contributed by atoms with Crippen LogP contribution in [0.15, 0.2) is 41.8 Å². The second-order valence-corrected chi connectivity index (χ2v) is 5.87. The van der Waals surface area contributed by atoms with Crippen molar-refractivity contribution in [2.24, 2.45) is 12.8 Å². The summed E-state index contributed by atoms with van der Waals surface area (Å²) >= 11 is 0. The number of nitrogens with zero attached hydrogens (tertiary/aromatic N) is 2. The maximum atomic E-state index is 11.5. The number of aromatic nitrogens is 2. The van der Waals surface area contributed by atoms with Crippen LogP contribution in [0.2, 0.25) is 0 Å². The SMILES string of the molecule is C=C(/C=C(N)\C(C=N)=C(/C)c1nc(/C(C)=C/C(C)=N)cn1C)C(=O)OC. The fourth-order valence-electron chi connectivity index (χ4n) is 2.39. The van der Waals surface area contributed by atoms with Gasteiger partial charge in [-0.05, 0) is 38.5 Å².